The van der Waals surface area contributed by atoms with Crippen molar-refractivity contribution in [3.63, 3.8) is 0 Å². The van der Waals surface area contributed by atoms with Gasteiger partial charge in [-0.05, 0) is 42.0 Å². The third kappa shape index (κ3) is 6.35. The van der Waals surface area contributed by atoms with Crippen LogP contribution >= 0.6 is 0 Å². The van der Waals surface area contributed by atoms with E-state index in [1.54, 1.807) is 49.4 Å². The highest BCUT2D eigenvalue weighted by Crippen LogP contribution is 2.34. The summed E-state index contributed by atoms with van der Waals surface area (Å²) in [4.78, 5) is 36.1. The van der Waals surface area contributed by atoms with Crippen LogP contribution < -0.4 is 31.2 Å². The molecule has 3 rings (SSSR count). The van der Waals surface area contributed by atoms with Crippen molar-refractivity contribution in [2.24, 2.45) is 11.7 Å². The van der Waals surface area contributed by atoms with Crippen LogP contribution in [0.2, 0.25) is 0 Å². The number of benzene rings is 2. The number of anilines is 1. The van der Waals surface area contributed by atoms with E-state index < -0.39 is 29.9 Å². The lowest BCUT2D eigenvalue weighted by Crippen LogP contribution is -2.40. The number of urea groups is 1. The van der Waals surface area contributed by atoms with Crippen molar-refractivity contribution in [2.75, 3.05) is 18.7 Å². The number of rotatable bonds is 9. The van der Waals surface area contributed by atoms with Crippen LogP contribution in [0.1, 0.15) is 30.5 Å². The zero-order valence-electron chi connectivity index (χ0n) is 17.9. The highest BCUT2D eigenvalue weighted by atomic mass is 16.7. The molecule has 0 spiro atoms. The number of nitrogens with two attached hydrogens (primary N) is 1. The number of carbonyl (C=O) groups excluding carboxylic acids is 2. The van der Waals surface area contributed by atoms with Crippen molar-refractivity contribution >= 4 is 29.4 Å². The maximum atomic E-state index is 12.7. The number of carbonyl (C=O) groups is 3. The summed E-state index contributed by atoms with van der Waals surface area (Å²) in [5, 5.41) is 24.6. The minimum absolute atomic E-state index is 0.0319. The normalized spacial score (nSPS) is 13.5. The number of amidine groups is 1. The van der Waals surface area contributed by atoms with E-state index in [2.05, 4.69) is 16.0 Å². The Labute approximate surface area is 189 Å². The van der Waals surface area contributed by atoms with E-state index in [9.17, 15) is 19.5 Å². The van der Waals surface area contributed by atoms with Crippen LogP contribution in [0.3, 0.4) is 0 Å². The van der Waals surface area contributed by atoms with Crippen LogP contribution in [0.15, 0.2) is 42.5 Å². The SMILES string of the molecule is CC(CNC(=O)Nc1ccc(C(=N)N)cc1)C(=O)NC(CC(=O)O)c1ccc2c(c1)OCO2. The molecule has 0 bridgehead atoms. The maximum absolute atomic E-state index is 12.7. The summed E-state index contributed by atoms with van der Waals surface area (Å²) in [6.45, 7) is 1.74. The van der Waals surface area contributed by atoms with Crippen molar-refractivity contribution in [2.45, 2.75) is 19.4 Å². The molecule has 2 unspecified atom stereocenters. The van der Waals surface area contributed by atoms with Gasteiger partial charge in [0.25, 0.3) is 0 Å². The molecule has 33 heavy (non-hydrogen) atoms. The molecule has 3 amide bonds. The molecule has 2 aromatic carbocycles. The number of hydrogen-bond donors (Lipinski definition) is 6. The fourth-order valence-corrected chi connectivity index (χ4v) is 3.12. The monoisotopic (exact) mass is 455 g/mol. The second-order valence-corrected chi connectivity index (χ2v) is 7.50. The summed E-state index contributed by atoms with van der Waals surface area (Å²) in [7, 11) is 0. The lowest BCUT2D eigenvalue weighted by atomic mass is 10.0. The van der Waals surface area contributed by atoms with Crippen LogP contribution in [-0.4, -0.2) is 42.2 Å². The van der Waals surface area contributed by atoms with Crippen molar-refractivity contribution in [3.8, 4) is 11.5 Å². The zero-order valence-corrected chi connectivity index (χ0v) is 17.9. The first-order chi connectivity index (χ1) is 15.7. The van der Waals surface area contributed by atoms with E-state index in [1.165, 1.54) is 0 Å². The Hall–Kier alpha value is -4.28. The summed E-state index contributed by atoms with van der Waals surface area (Å²) < 4.78 is 10.6. The lowest BCUT2D eigenvalue weighted by Gasteiger charge is -2.21. The molecule has 1 heterocycles. The van der Waals surface area contributed by atoms with E-state index in [0.29, 0.717) is 28.3 Å². The second kappa shape index (κ2) is 10.4. The van der Waals surface area contributed by atoms with Crippen molar-refractivity contribution < 1.29 is 29.0 Å². The van der Waals surface area contributed by atoms with Crippen molar-refractivity contribution in [1.82, 2.24) is 10.6 Å². The summed E-state index contributed by atoms with van der Waals surface area (Å²) in [5.41, 5.74) is 7.00. The second-order valence-electron chi connectivity index (χ2n) is 7.50. The van der Waals surface area contributed by atoms with Gasteiger partial charge in [-0.2, -0.15) is 0 Å². The third-order valence-corrected chi connectivity index (χ3v) is 4.96. The average Bonchev–Trinajstić information content (AvgIpc) is 3.25. The topological polar surface area (TPSA) is 176 Å². The molecular weight excluding hydrogens is 430 g/mol. The highest BCUT2D eigenvalue weighted by molar-refractivity contribution is 5.96. The standard InChI is InChI=1S/C22H25N5O6/c1-12(10-25-22(31)26-15-5-2-13(3-6-15)20(23)24)21(30)27-16(9-19(28)29)14-4-7-17-18(8-14)33-11-32-17/h2-8,12,16H,9-11H2,1H3,(H3,23,24)(H,27,30)(H,28,29)(H2,25,26,31). The first kappa shape index (κ1) is 23.4. The molecule has 7 N–H and O–H groups in total. The molecule has 0 aliphatic carbocycles. The van der Waals surface area contributed by atoms with Crippen LogP contribution in [0.25, 0.3) is 0 Å². The molecule has 2 aromatic rings. The molecule has 1 aliphatic heterocycles. The minimum atomic E-state index is -1.07. The number of aliphatic carboxylic acids is 1. The Balaban J connectivity index is 1.54. The van der Waals surface area contributed by atoms with Gasteiger partial charge >= 0.3 is 12.0 Å². The number of carboxylic acids is 1. The van der Waals surface area contributed by atoms with Gasteiger partial charge in [0.2, 0.25) is 12.7 Å². The van der Waals surface area contributed by atoms with E-state index >= 15 is 0 Å². The van der Waals surface area contributed by atoms with Crippen LogP contribution in [0, 0.1) is 11.3 Å². The van der Waals surface area contributed by atoms with Crippen molar-refractivity contribution in [3.05, 3.63) is 53.6 Å². The number of carboxylic acid groups (broad SMARTS) is 1. The molecular formula is C22H25N5O6. The Morgan fingerprint density at radius 1 is 1.12 bits per heavy atom. The fourth-order valence-electron chi connectivity index (χ4n) is 3.12. The van der Waals surface area contributed by atoms with Gasteiger partial charge in [-0.3, -0.25) is 15.0 Å². The number of nitrogens with one attached hydrogen (secondary N) is 4. The molecule has 0 radical (unpaired) electrons. The van der Waals surface area contributed by atoms with Gasteiger partial charge in [-0.1, -0.05) is 13.0 Å². The zero-order chi connectivity index (χ0) is 24.0. The molecule has 0 fully saturated rings. The van der Waals surface area contributed by atoms with Crippen LogP contribution in [-0.2, 0) is 9.59 Å². The smallest absolute Gasteiger partial charge is 0.319 e. The Morgan fingerprint density at radius 3 is 2.48 bits per heavy atom. The molecule has 174 valence electrons. The molecule has 11 nitrogen and oxygen atoms in total. The van der Waals surface area contributed by atoms with Crippen molar-refractivity contribution in [1.29, 1.82) is 5.41 Å². The lowest BCUT2D eigenvalue weighted by molar-refractivity contribution is -0.137. The fraction of sp³-hybridized carbons (Fsp3) is 0.273. The van der Waals surface area contributed by atoms with Gasteiger partial charge in [0.05, 0.1) is 18.4 Å². The number of amides is 3. The highest BCUT2D eigenvalue weighted by Gasteiger charge is 2.24. The van der Waals surface area contributed by atoms with Crippen LogP contribution in [0.4, 0.5) is 10.5 Å². The third-order valence-electron chi connectivity index (χ3n) is 4.96. The van der Waals surface area contributed by atoms with Gasteiger partial charge < -0.3 is 36.3 Å². The maximum Gasteiger partial charge on any atom is 0.319 e. The summed E-state index contributed by atoms with van der Waals surface area (Å²) in [6, 6.07) is 10.1. The quantitative estimate of drug-likeness (QED) is 0.247. The van der Waals surface area contributed by atoms with E-state index in [1.807, 2.05) is 0 Å². The average molecular weight is 455 g/mol. The van der Waals surface area contributed by atoms with Gasteiger partial charge in [-0.15, -0.1) is 0 Å². The molecule has 0 saturated heterocycles. The minimum Gasteiger partial charge on any atom is -0.481 e. The van der Waals surface area contributed by atoms with Gasteiger partial charge in [-0.25, -0.2) is 4.79 Å². The van der Waals surface area contributed by atoms with Gasteiger partial charge in [0.1, 0.15) is 5.84 Å². The number of ether oxygens (including phenoxy) is 2. The predicted molar refractivity (Wildman–Crippen MR) is 119 cm³/mol. The van der Waals surface area contributed by atoms with Gasteiger partial charge in [0.15, 0.2) is 11.5 Å². The first-order valence-corrected chi connectivity index (χ1v) is 10.1. The molecule has 11 heteroatoms. The summed E-state index contributed by atoms with van der Waals surface area (Å²) in [5.74, 6) is -1.14. The Bertz CT molecular complexity index is 1060. The molecule has 1 aliphatic rings. The predicted octanol–water partition coefficient (Wildman–Crippen LogP) is 1.79. The Morgan fingerprint density at radius 2 is 1.82 bits per heavy atom. The van der Waals surface area contributed by atoms with E-state index in [4.69, 9.17) is 20.6 Å². The molecule has 0 aromatic heterocycles. The first-order valence-electron chi connectivity index (χ1n) is 10.1. The van der Waals surface area contributed by atoms with E-state index in [0.717, 1.165) is 0 Å². The summed E-state index contributed by atoms with van der Waals surface area (Å²) in [6.07, 6.45) is -0.317. The molecule has 2 atom stereocenters. The Kier molecular flexibility index (Phi) is 7.34. The van der Waals surface area contributed by atoms with Crippen LogP contribution in [0.5, 0.6) is 11.5 Å². The molecule has 0 saturated carbocycles. The van der Waals surface area contributed by atoms with E-state index in [-0.39, 0.29) is 25.6 Å². The number of fused-ring (bicyclic) bond motifs is 1. The number of nitrogen functional groups attached to an aromatic ring is 1. The summed E-state index contributed by atoms with van der Waals surface area (Å²) >= 11 is 0. The largest absolute Gasteiger partial charge is 0.481 e. The van der Waals surface area contributed by atoms with Gasteiger partial charge in [0, 0.05) is 17.8 Å². The number of hydrogen-bond acceptors (Lipinski definition) is 6.